The maximum absolute atomic E-state index is 5.67. The molecular weight excluding hydrogens is 324 g/mol. The highest BCUT2D eigenvalue weighted by Gasteiger charge is 2.06. The van der Waals surface area contributed by atoms with Crippen LogP contribution in [0, 0.1) is 0 Å². The molecule has 0 aliphatic carbocycles. The van der Waals surface area contributed by atoms with Crippen molar-refractivity contribution < 1.29 is 0 Å². The van der Waals surface area contributed by atoms with E-state index in [0.29, 0.717) is 0 Å². The van der Waals surface area contributed by atoms with Crippen molar-refractivity contribution in [2.75, 3.05) is 18.1 Å². The van der Waals surface area contributed by atoms with E-state index < -0.39 is 0 Å². The minimum Gasteiger partial charge on any atom is -0.388 e. The van der Waals surface area contributed by atoms with Crippen LogP contribution in [0.2, 0.25) is 0 Å². The third-order valence-corrected chi connectivity index (χ3v) is 4.17. The summed E-state index contributed by atoms with van der Waals surface area (Å²) >= 11 is 0. The van der Waals surface area contributed by atoms with Crippen LogP contribution < -0.4 is 11.1 Å². The van der Waals surface area contributed by atoms with Gasteiger partial charge in [0.2, 0.25) is 5.95 Å². The Labute approximate surface area is 150 Å². The molecule has 128 valence electrons. The molecule has 4 N–H and O–H groups in total. The zero-order valence-corrected chi connectivity index (χ0v) is 14.3. The van der Waals surface area contributed by atoms with Crippen LogP contribution in [0.4, 0.5) is 11.6 Å². The van der Waals surface area contributed by atoms with Crippen molar-refractivity contribution in [1.29, 1.82) is 0 Å². The zero-order valence-electron chi connectivity index (χ0n) is 14.3. The van der Waals surface area contributed by atoms with E-state index in [0.717, 1.165) is 39.1 Å². The lowest BCUT2D eigenvalue weighted by Crippen LogP contribution is -1.94. The van der Waals surface area contributed by atoms with Gasteiger partial charge < -0.3 is 11.1 Å². The number of benzene rings is 2. The van der Waals surface area contributed by atoms with Gasteiger partial charge in [0.1, 0.15) is 0 Å². The van der Waals surface area contributed by atoms with Gasteiger partial charge in [-0.25, -0.2) is 9.97 Å². The molecule has 4 rings (SSSR count). The first-order chi connectivity index (χ1) is 12.7. The van der Waals surface area contributed by atoms with Crippen LogP contribution in [0.5, 0.6) is 0 Å². The van der Waals surface area contributed by atoms with Gasteiger partial charge in [-0.2, -0.15) is 5.10 Å². The Bertz CT molecular complexity index is 1100. The predicted molar refractivity (Wildman–Crippen MR) is 106 cm³/mol. The Kier molecular flexibility index (Phi) is 4.07. The number of H-pyrrole nitrogens is 1. The molecule has 0 bridgehead atoms. The second-order valence-electron chi connectivity index (χ2n) is 5.88. The molecule has 0 saturated heterocycles. The number of nitrogens with two attached hydrogens (primary N) is 1. The number of nitrogens with zero attached hydrogens (tertiary/aromatic N) is 3. The standard InChI is InChI=1S/C20H18N6/c1-22-15-4-2-3-13(11-15)5-8-18-16-7-6-14(12-19(16)26-25-18)17-9-10-23-20(21)24-17/h2-12,22H,1H3,(H,25,26)(H2,21,23,24). The number of hydrogen-bond acceptors (Lipinski definition) is 5. The quantitative estimate of drug-likeness (QED) is 0.524. The highest BCUT2D eigenvalue weighted by atomic mass is 15.1. The molecule has 2 aromatic carbocycles. The molecule has 0 fully saturated rings. The van der Waals surface area contributed by atoms with Crippen molar-refractivity contribution in [2.45, 2.75) is 0 Å². The SMILES string of the molecule is CNc1cccc(C=Cc2n[nH]c3cc(-c4ccnc(N)n4)ccc23)c1. The van der Waals surface area contributed by atoms with Gasteiger partial charge in [0, 0.05) is 29.9 Å². The molecule has 6 nitrogen and oxygen atoms in total. The fourth-order valence-corrected chi connectivity index (χ4v) is 2.83. The molecule has 4 aromatic rings. The summed E-state index contributed by atoms with van der Waals surface area (Å²) < 4.78 is 0. The van der Waals surface area contributed by atoms with Crippen LogP contribution in [0.3, 0.4) is 0 Å². The van der Waals surface area contributed by atoms with Crippen LogP contribution in [0.15, 0.2) is 54.7 Å². The Hall–Kier alpha value is -3.67. The van der Waals surface area contributed by atoms with E-state index in [9.17, 15) is 0 Å². The number of nitrogens with one attached hydrogen (secondary N) is 2. The topological polar surface area (TPSA) is 92.5 Å². The molecule has 0 unspecified atom stereocenters. The molecule has 0 saturated carbocycles. The Morgan fingerprint density at radius 2 is 2.00 bits per heavy atom. The zero-order chi connectivity index (χ0) is 17.9. The van der Waals surface area contributed by atoms with Crippen molar-refractivity contribution >= 4 is 34.7 Å². The summed E-state index contributed by atoms with van der Waals surface area (Å²) in [7, 11) is 1.91. The van der Waals surface area contributed by atoms with Crippen molar-refractivity contribution in [3.8, 4) is 11.3 Å². The van der Waals surface area contributed by atoms with E-state index >= 15 is 0 Å². The number of hydrogen-bond donors (Lipinski definition) is 3. The lowest BCUT2D eigenvalue weighted by Gasteiger charge is -2.01. The molecule has 6 heteroatoms. The van der Waals surface area contributed by atoms with E-state index in [-0.39, 0.29) is 5.95 Å². The lowest BCUT2D eigenvalue weighted by atomic mass is 10.1. The molecule has 26 heavy (non-hydrogen) atoms. The normalized spacial score (nSPS) is 11.3. The number of aromatic amines is 1. The molecule has 0 amide bonds. The van der Waals surface area contributed by atoms with Crippen molar-refractivity contribution in [2.24, 2.45) is 0 Å². The predicted octanol–water partition coefficient (Wildman–Crippen LogP) is 3.81. The number of nitrogen functional groups attached to an aromatic ring is 1. The maximum Gasteiger partial charge on any atom is 0.220 e. The Morgan fingerprint density at radius 1 is 1.08 bits per heavy atom. The molecule has 0 atom stereocenters. The number of rotatable bonds is 4. The van der Waals surface area contributed by atoms with Gasteiger partial charge in [-0.15, -0.1) is 0 Å². The average molecular weight is 342 g/mol. The first-order valence-electron chi connectivity index (χ1n) is 8.26. The van der Waals surface area contributed by atoms with Crippen LogP contribution in [-0.4, -0.2) is 27.2 Å². The first kappa shape index (κ1) is 15.8. The Morgan fingerprint density at radius 3 is 2.85 bits per heavy atom. The highest BCUT2D eigenvalue weighted by molar-refractivity contribution is 5.91. The van der Waals surface area contributed by atoms with Gasteiger partial charge in [0.05, 0.1) is 16.9 Å². The smallest absolute Gasteiger partial charge is 0.220 e. The fraction of sp³-hybridized carbons (Fsp3) is 0.0500. The first-order valence-corrected chi connectivity index (χ1v) is 8.26. The minimum atomic E-state index is 0.264. The highest BCUT2D eigenvalue weighted by Crippen LogP contribution is 2.25. The minimum absolute atomic E-state index is 0.264. The van der Waals surface area contributed by atoms with Crippen molar-refractivity contribution in [3.05, 3.63) is 66.0 Å². The molecule has 0 spiro atoms. The molecule has 2 aromatic heterocycles. The number of anilines is 2. The van der Waals surface area contributed by atoms with Gasteiger partial charge in [0.15, 0.2) is 0 Å². The summed E-state index contributed by atoms with van der Waals surface area (Å²) in [6.07, 6.45) is 5.72. The second kappa shape index (κ2) is 6.68. The summed E-state index contributed by atoms with van der Waals surface area (Å²) in [4.78, 5) is 8.19. The summed E-state index contributed by atoms with van der Waals surface area (Å²) in [5.41, 5.74) is 11.5. The van der Waals surface area contributed by atoms with Crippen molar-refractivity contribution in [3.63, 3.8) is 0 Å². The summed E-state index contributed by atoms with van der Waals surface area (Å²) in [5, 5.41) is 11.7. The van der Waals surface area contributed by atoms with E-state index in [4.69, 9.17) is 5.73 Å². The van der Waals surface area contributed by atoms with Gasteiger partial charge in [0.25, 0.3) is 0 Å². The molecule has 0 aliphatic heterocycles. The van der Waals surface area contributed by atoms with Crippen LogP contribution in [0.1, 0.15) is 11.3 Å². The fourth-order valence-electron chi connectivity index (χ4n) is 2.83. The van der Waals surface area contributed by atoms with Gasteiger partial charge in [-0.05, 0) is 42.0 Å². The Balaban J connectivity index is 1.66. The largest absolute Gasteiger partial charge is 0.388 e. The van der Waals surface area contributed by atoms with Gasteiger partial charge in [-0.1, -0.05) is 24.3 Å². The number of aromatic nitrogens is 4. The van der Waals surface area contributed by atoms with E-state index in [2.05, 4.69) is 43.7 Å². The monoisotopic (exact) mass is 342 g/mol. The van der Waals surface area contributed by atoms with Crippen LogP contribution in [-0.2, 0) is 0 Å². The van der Waals surface area contributed by atoms with Gasteiger partial charge >= 0.3 is 0 Å². The third kappa shape index (κ3) is 3.12. The summed E-state index contributed by atoms with van der Waals surface area (Å²) in [6, 6.07) is 16.1. The van der Waals surface area contributed by atoms with Crippen molar-refractivity contribution in [1.82, 2.24) is 20.2 Å². The van der Waals surface area contributed by atoms with E-state index in [1.807, 2.05) is 49.5 Å². The number of fused-ring (bicyclic) bond motifs is 1. The molecule has 2 heterocycles. The van der Waals surface area contributed by atoms with Gasteiger partial charge in [-0.3, -0.25) is 5.10 Å². The molecular formula is C20H18N6. The van der Waals surface area contributed by atoms with Crippen LogP contribution in [0.25, 0.3) is 34.3 Å². The van der Waals surface area contributed by atoms with E-state index in [1.165, 1.54) is 0 Å². The van der Waals surface area contributed by atoms with Crippen LogP contribution >= 0.6 is 0 Å². The van der Waals surface area contributed by atoms with E-state index in [1.54, 1.807) is 6.20 Å². The average Bonchev–Trinajstić information content (AvgIpc) is 3.09. The summed E-state index contributed by atoms with van der Waals surface area (Å²) in [5.74, 6) is 0.264. The second-order valence-corrected chi connectivity index (χ2v) is 5.88. The lowest BCUT2D eigenvalue weighted by molar-refractivity contribution is 1.11. The third-order valence-electron chi connectivity index (χ3n) is 4.17. The molecule has 0 radical (unpaired) electrons. The summed E-state index contributed by atoms with van der Waals surface area (Å²) in [6.45, 7) is 0. The molecule has 0 aliphatic rings. The maximum atomic E-state index is 5.67.